The molecule has 1 saturated carbocycles. The molecule has 16 heavy (non-hydrogen) atoms. The monoisotopic (exact) mass is 221 g/mol. The summed E-state index contributed by atoms with van der Waals surface area (Å²) >= 11 is 0. The van der Waals surface area contributed by atoms with Gasteiger partial charge in [-0.3, -0.25) is 4.68 Å². The van der Waals surface area contributed by atoms with Gasteiger partial charge in [-0.05, 0) is 45.6 Å². The van der Waals surface area contributed by atoms with Crippen molar-refractivity contribution >= 4 is 0 Å². The highest BCUT2D eigenvalue weighted by Crippen LogP contribution is 2.43. The number of nitrogens with two attached hydrogens (primary N) is 1. The van der Waals surface area contributed by atoms with E-state index in [0.29, 0.717) is 5.92 Å². The molecular weight excluding hydrogens is 198 g/mol. The second-order valence-corrected chi connectivity index (χ2v) is 6.35. The zero-order valence-electron chi connectivity index (χ0n) is 11.0. The van der Waals surface area contributed by atoms with Crippen molar-refractivity contribution < 1.29 is 0 Å². The lowest BCUT2D eigenvalue weighted by atomic mass is 10.0. The molecule has 1 heterocycles. The first-order valence-electron chi connectivity index (χ1n) is 6.14. The van der Waals surface area contributed by atoms with E-state index in [9.17, 15) is 0 Å². The Hall–Kier alpha value is -0.830. The van der Waals surface area contributed by atoms with Gasteiger partial charge < -0.3 is 5.73 Å². The first-order chi connectivity index (χ1) is 7.24. The van der Waals surface area contributed by atoms with Gasteiger partial charge in [0.1, 0.15) is 0 Å². The lowest BCUT2D eigenvalue weighted by Gasteiger charge is -2.23. The second-order valence-electron chi connectivity index (χ2n) is 6.35. The standard InChI is InChI=1S/C13H23N3/c1-9(2)10-8-11(13(14)6-7-13)15-16(10)12(3,4)5/h8-9H,6-7,14H2,1-5H3. The minimum atomic E-state index is -0.125. The SMILES string of the molecule is CC(C)c1cc(C2(N)CC2)nn1C(C)(C)C. The van der Waals surface area contributed by atoms with E-state index in [2.05, 4.69) is 45.4 Å². The zero-order valence-corrected chi connectivity index (χ0v) is 11.0. The van der Waals surface area contributed by atoms with Crippen LogP contribution in [0.25, 0.3) is 0 Å². The van der Waals surface area contributed by atoms with E-state index in [1.807, 2.05) is 0 Å². The second kappa shape index (κ2) is 3.33. The summed E-state index contributed by atoms with van der Waals surface area (Å²) in [5.74, 6) is 0.489. The van der Waals surface area contributed by atoms with E-state index in [4.69, 9.17) is 10.8 Å². The molecule has 0 spiro atoms. The van der Waals surface area contributed by atoms with Crippen LogP contribution in [0.4, 0.5) is 0 Å². The summed E-state index contributed by atoms with van der Waals surface area (Å²) in [5, 5.41) is 4.73. The Labute approximate surface area is 98.0 Å². The van der Waals surface area contributed by atoms with Crippen LogP contribution in [-0.4, -0.2) is 9.78 Å². The maximum Gasteiger partial charge on any atom is 0.0826 e. The Kier molecular flexibility index (Phi) is 2.42. The molecule has 1 aromatic heterocycles. The summed E-state index contributed by atoms with van der Waals surface area (Å²) in [6.45, 7) is 11.0. The number of nitrogens with zero attached hydrogens (tertiary/aromatic N) is 2. The molecule has 1 fully saturated rings. The summed E-state index contributed by atoms with van der Waals surface area (Å²) < 4.78 is 2.14. The van der Waals surface area contributed by atoms with Crippen LogP contribution < -0.4 is 5.73 Å². The highest BCUT2D eigenvalue weighted by Gasteiger charge is 2.43. The van der Waals surface area contributed by atoms with Gasteiger partial charge >= 0.3 is 0 Å². The van der Waals surface area contributed by atoms with Gasteiger partial charge in [0.05, 0.1) is 16.8 Å². The molecule has 3 nitrogen and oxygen atoms in total. The molecule has 1 aromatic rings. The lowest BCUT2D eigenvalue weighted by molar-refractivity contribution is 0.335. The normalized spacial score (nSPS) is 19.2. The first-order valence-corrected chi connectivity index (χ1v) is 6.14. The Balaban J connectivity index is 2.46. The Morgan fingerprint density at radius 2 is 1.94 bits per heavy atom. The molecule has 0 aromatic carbocycles. The number of hydrogen-bond donors (Lipinski definition) is 1. The molecule has 0 aliphatic heterocycles. The van der Waals surface area contributed by atoms with Gasteiger partial charge in [0.15, 0.2) is 0 Å². The highest BCUT2D eigenvalue weighted by molar-refractivity contribution is 5.26. The molecule has 2 N–H and O–H groups in total. The summed E-state index contributed by atoms with van der Waals surface area (Å²) in [6, 6.07) is 2.20. The molecule has 0 unspecified atom stereocenters. The van der Waals surface area contributed by atoms with Gasteiger partial charge in [-0.1, -0.05) is 13.8 Å². The predicted molar refractivity (Wildman–Crippen MR) is 66.4 cm³/mol. The van der Waals surface area contributed by atoms with Gasteiger partial charge in [-0.15, -0.1) is 0 Å². The lowest BCUT2D eigenvalue weighted by Crippen LogP contribution is -2.27. The predicted octanol–water partition coefficient (Wildman–Crippen LogP) is 2.71. The molecule has 0 atom stereocenters. The van der Waals surface area contributed by atoms with E-state index in [-0.39, 0.29) is 11.1 Å². The number of hydrogen-bond acceptors (Lipinski definition) is 2. The van der Waals surface area contributed by atoms with Crippen molar-refractivity contribution in [2.24, 2.45) is 5.73 Å². The van der Waals surface area contributed by atoms with Gasteiger partial charge in [0.25, 0.3) is 0 Å². The maximum atomic E-state index is 6.22. The van der Waals surface area contributed by atoms with Crippen molar-refractivity contribution in [2.75, 3.05) is 0 Å². The molecule has 2 rings (SSSR count). The molecule has 0 radical (unpaired) electrons. The fourth-order valence-corrected chi connectivity index (χ4v) is 1.98. The molecular formula is C13H23N3. The van der Waals surface area contributed by atoms with Crippen molar-refractivity contribution in [2.45, 2.75) is 64.5 Å². The van der Waals surface area contributed by atoms with Crippen molar-refractivity contribution in [3.8, 4) is 0 Å². The third kappa shape index (κ3) is 1.88. The summed E-state index contributed by atoms with van der Waals surface area (Å²) in [5.41, 5.74) is 8.49. The third-order valence-corrected chi connectivity index (χ3v) is 3.26. The van der Waals surface area contributed by atoms with E-state index in [1.165, 1.54) is 5.69 Å². The van der Waals surface area contributed by atoms with Gasteiger partial charge in [-0.25, -0.2) is 0 Å². The maximum absolute atomic E-state index is 6.22. The first kappa shape index (κ1) is 11.6. The van der Waals surface area contributed by atoms with Crippen LogP contribution in [0.2, 0.25) is 0 Å². The molecule has 0 saturated heterocycles. The molecule has 0 amide bonds. The Bertz CT molecular complexity index is 392. The van der Waals surface area contributed by atoms with Crippen molar-refractivity contribution in [1.29, 1.82) is 0 Å². The van der Waals surface area contributed by atoms with E-state index in [0.717, 1.165) is 18.5 Å². The minimum Gasteiger partial charge on any atom is -0.320 e. The molecule has 3 heteroatoms. The molecule has 1 aliphatic carbocycles. The highest BCUT2D eigenvalue weighted by atomic mass is 15.3. The smallest absolute Gasteiger partial charge is 0.0826 e. The van der Waals surface area contributed by atoms with Gasteiger partial charge in [0.2, 0.25) is 0 Å². The van der Waals surface area contributed by atoms with Crippen molar-refractivity contribution in [3.05, 3.63) is 17.5 Å². The average Bonchev–Trinajstić information content (AvgIpc) is 2.73. The van der Waals surface area contributed by atoms with Crippen LogP contribution >= 0.6 is 0 Å². The van der Waals surface area contributed by atoms with E-state index >= 15 is 0 Å². The van der Waals surface area contributed by atoms with Crippen molar-refractivity contribution in [3.63, 3.8) is 0 Å². The van der Waals surface area contributed by atoms with Crippen LogP contribution in [-0.2, 0) is 11.1 Å². The number of aromatic nitrogens is 2. The van der Waals surface area contributed by atoms with Crippen LogP contribution in [0.3, 0.4) is 0 Å². The van der Waals surface area contributed by atoms with E-state index < -0.39 is 0 Å². The average molecular weight is 221 g/mol. The quantitative estimate of drug-likeness (QED) is 0.834. The largest absolute Gasteiger partial charge is 0.320 e. The molecule has 1 aliphatic rings. The van der Waals surface area contributed by atoms with Crippen LogP contribution in [0, 0.1) is 0 Å². The van der Waals surface area contributed by atoms with E-state index in [1.54, 1.807) is 0 Å². The van der Waals surface area contributed by atoms with Crippen LogP contribution in [0.5, 0.6) is 0 Å². The fourth-order valence-electron chi connectivity index (χ4n) is 1.98. The Morgan fingerprint density at radius 1 is 1.38 bits per heavy atom. The summed E-state index contributed by atoms with van der Waals surface area (Å²) in [7, 11) is 0. The fraction of sp³-hybridized carbons (Fsp3) is 0.769. The minimum absolute atomic E-state index is 0.0309. The molecule has 90 valence electrons. The van der Waals surface area contributed by atoms with Gasteiger partial charge in [-0.2, -0.15) is 5.10 Å². The molecule has 0 bridgehead atoms. The Morgan fingerprint density at radius 3 is 2.25 bits per heavy atom. The van der Waals surface area contributed by atoms with Gasteiger partial charge in [0, 0.05) is 5.69 Å². The van der Waals surface area contributed by atoms with Crippen molar-refractivity contribution in [1.82, 2.24) is 9.78 Å². The zero-order chi connectivity index (χ0) is 12.1. The summed E-state index contributed by atoms with van der Waals surface area (Å²) in [6.07, 6.45) is 2.15. The third-order valence-electron chi connectivity index (χ3n) is 3.26. The topological polar surface area (TPSA) is 43.8 Å². The van der Waals surface area contributed by atoms with Crippen LogP contribution in [0.1, 0.15) is 64.8 Å². The van der Waals surface area contributed by atoms with Crippen LogP contribution in [0.15, 0.2) is 6.07 Å². The summed E-state index contributed by atoms with van der Waals surface area (Å²) in [4.78, 5) is 0. The number of rotatable bonds is 2.